The molecule has 1 rings (SSSR count). The van der Waals surface area contributed by atoms with Crippen LogP contribution in [0.3, 0.4) is 0 Å². The van der Waals surface area contributed by atoms with E-state index in [-0.39, 0.29) is 10.8 Å². The number of carbonyl (C=O) groups excluding carboxylic acids is 1. The third kappa shape index (κ3) is 2.52. The molecule has 3 nitrogen and oxygen atoms in total. The van der Waals surface area contributed by atoms with Gasteiger partial charge in [-0.25, -0.2) is 0 Å². The van der Waals surface area contributed by atoms with Gasteiger partial charge in [-0.05, 0) is 0 Å². The molecule has 86 valence electrons. The Morgan fingerprint density at radius 1 is 0.933 bits per heavy atom. The maximum absolute atomic E-state index is 10.7. The molecule has 0 atom stereocenters. The summed E-state index contributed by atoms with van der Waals surface area (Å²) in [5.74, 6) is 1.57. The molecule has 0 N–H and O–H groups in total. The summed E-state index contributed by atoms with van der Waals surface area (Å²) in [6, 6.07) is 0. The third-order valence-corrected chi connectivity index (χ3v) is 2.15. The van der Waals surface area contributed by atoms with Gasteiger partial charge < -0.3 is 9.47 Å². The predicted molar refractivity (Wildman–Crippen MR) is 58.0 cm³/mol. The molecule has 0 unspecified atom stereocenters. The van der Waals surface area contributed by atoms with E-state index in [1.165, 1.54) is 0 Å². The molecule has 1 aliphatic rings. The van der Waals surface area contributed by atoms with Crippen LogP contribution >= 0.6 is 0 Å². The highest BCUT2D eigenvalue weighted by molar-refractivity contribution is 5.55. The average molecular weight is 212 g/mol. The van der Waals surface area contributed by atoms with Gasteiger partial charge in [-0.3, -0.25) is 4.79 Å². The number of rotatable bonds is 1. The van der Waals surface area contributed by atoms with Crippen LogP contribution < -0.4 is 0 Å². The number of allylic oxidation sites excluding steroid dienone is 2. The summed E-state index contributed by atoms with van der Waals surface area (Å²) >= 11 is 0. The Balaban J connectivity index is 3.09. The Bertz CT molecular complexity index is 263. The van der Waals surface area contributed by atoms with Gasteiger partial charge >= 0.3 is 0 Å². The SMILES string of the molecule is CC(C)(C)C1=C(C(C)(C)C)OC(C=O)O1. The van der Waals surface area contributed by atoms with Crippen molar-refractivity contribution < 1.29 is 14.3 Å². The quantitative estimate of drug-likeness (QED) is 0.627. The molecule has 15 heavy (non-hydrogen) atoms. The summed E-state index contributed by atoms with van der Waals surface area (Å²) in [5, 5.41) is 0. The summed E-state index contributed by atoms with van der Waals surface area (Å²) in [6.07, 6.45) is -0.0850. The van der Waals surface area contributed by atoms with Crippen molar-refractivity contribution in [3.8, 4) is 0 Å². The van der Waals surface area contributed by atoms with E-state index >= 15 is 0 Å². The van der Waals surface area contributed by atoms with Gasteiger partial charge in [0, 0.05) is 10.8 Å². The van der Waals surface area contributed by atoms with Crippen LogP contribution in [0.5, 0.6) is 0 Å². The molecular formula is C12H20O3. The predicted octanol–water partition coefficient (Wildman–Crippen LogP) is 2.86. The summed E-state index contributed by atoms with van der Waals surface area (Å²) in [7, 11) is 0. The molecule has 0 aromatic carbocycles. The summed E-state index contributed by atoms with van der Waals surface area (Å²) < 4.78 is 11.0. The van der Waals surface area contributed by atoms with Crippen molar-refractivity contribution in [2.24, 2.45) is 10.8 Å². The number of aldehydes is 1. The first-order valence-electron chi connectivity index (χ1n) is 5.20. The van der Waals surface area contributed by atoms with Crippen LogP contribution in [0.4, 0.5) is 0 Å². The van der Waals surface area contributed by atoms with E-state index in [0.29, 0.717) is 6.29 Å². The van der Waals surface area contributed by atoms with E-state index < -0.39 is 6.29 Å². The Labute approximate surface area is 91.4 Å². The van der Waals surface area contributed by atoms with Crippen LogP contribution in [0.1, 0.15) is 41.5 Å². The van der Waals surface area contributed by atoms with Crippen LogP contribution in [-0.2, 0) is 14.3 Å². The zero-order chi connectivity index (χ0) is 11.9. The molecule has 0 spiro atoms. The van der Waals surface area contributed by atoms with Gasteiger partial charge in [0.1, 0.15) is 11.5 Å². The molecule has 0 aliphatic carbocycles. The fourth-order valence-corrected chi connectivity index (χ4v) is 1.45. The molecule has 0 aromatic rings. The van der Waals surface area contributed by atoms with Gasteiger partial charge in [-0.15, -0.1) is 0 Å². The molecule has 0 saturated heterocycles. The first-order chi connectivity index (χ1) is 6.66. The Morgan fingerprint density at radius 2 is 1.27 bits per heavy atom. The maximum Gasteiger partial charge on any atom is 0.297 e. The second-order valence-electron chi connectivity index (χ2n) is 5.90. The summed E-state index contributed by atoms with van der Waals surface area (Å²) in [4.78, 5) is 10.7. The second-order valence-corrected chi connectivity index (χ2v) is 5.90. The normalized spacial score (nSPS) is 18.8. The Kier molecular flexibility index (Phi) is 2.85. The van der Waals surface area contributed by atoms with Crippen molar-refractivity contribution in [1.82, 2.24) is 0 Å². The van der Waals surface area contributed by atoms with Crippen molar-refractivity contribution in [2.45, 2.75) is 47.8 Å². The molecule has 0 saturated carbocycles. The lowest BCUT2D eigenvalue weighted by atomic mass is 9.85. The van der Waals surface area contributed by atoms with Crippen LogP contribution in [0.15, 0.2) is 11.5 Å². The van der Waals surface area contributed by atoms with Crippen LogP contribution in [-0.4, -0.2) is 12.6 Å². The fraction of sp³-hybridized carbons (Fsp3) is 0.750. The Hall–Kier alpha value is -0.990. The van der Waals surface area contributed by atoms with Crippen LogP contribution in [0.2, 0.25) is 0 Å². The van der Waals surface area contributed by atoms with Crippen molar-refractivity contribution in [3.63, 3.8) is 0 Å². The average Bonchev–Trinajstić information content (AvgIpc) is 2.44. The molecule has 0 radical (unpaired) electrons. The first-order valence-corrected chi connectivity index (χ1v) is 5.20. The van der Waals surface area contributed by atoms with Crippen molar-refractivity contribution in [2.75, 3.05) is 0 Å². The minimum absolute atomic E-state index is 0.139. The van der Waals surface area contributed by atoms with Crippen LogP contribution in [0, 0.1) is 10.8 Å². The van der Waals surface area contributed by atoms with Crippen molar-refractivity contribution in [1.29, 1.82) is 0 Å². The minimum atomic E-state index is -0.770. The largest absolute Gasteiger partial charge is 0.448 e. The lowest BCUT2D eigenvalue weighted by molar-refractivity contribution is -0.132. The second kappa shape index (κ2) is 3.54. The van der Waals surface area contributed by atoms with E-state index in [4.69, 9.17) is 9.47 Å². The number of hydrogen-bond acceptors (Lipinski definition) is 3. The Morgan fingerprint density at radius 3 is 1.47 bits per heavy atom. The van der Waals surface area contributed by atoms with E-state index in [2.05, 4.69) is 0 Å². The number of ether oxygens (including phenoxy) is 2. The summed E-state index contributed by atoms with van der Waals surface area (Å²) in [5.41, 5.74) is -0.277. The standard InChI is InChI=1S/C12H20O3/c1-11(2,3)9-10(12(4,5)6)15-8(7-13)14-9/h7-8H,1-6H3. The monoisotopic (exact) mass is 212 g/mol. The fourth-order valence-electron chi connectivity index (χ4n) is 1.45. The maximum atomic E-state index is 10.7. The van der Waals surface area contributed by atoms with Crippen molar-refractivity contribution in [3.05, 3.63) is 11.5 Å². The zero-order valence-electron chi connectivity index (χ0n) is 10.4. The molecule has 0 fully saturated rings. The van der Waals surface area contributed by atoms with E-state index in [9.17, 15) is 4.79 Å². The summed E-state index contributed by atoms with van der Waals surface area (Å²) in [6.45, 7) is 12.3. The van der Waals surface area contributed by atoms with E-state index in [1.807, 2.05) is 41.5 Å². The van der Waals surface area contributed by atoms with Crippen molar-refractivity contribution >= 4 is 6.29 Å². The van der Waals surface area contributed by atoms with Gasteiger partial charge in [0.15, 0.2) is 0 Å². The van der Waals surface area contributed by atoms with Gasteiger partial charge in [-0.1, -0.05) is 41.5 Å². The molecule has 0 bridgehead atoms. The molecule has 1 heterocycles. The van der Waals surface area contributed by atoms with Gasteiger partial charge in [0.2, 0.25) is 6.29 Å². The molecule has 0 amide bonds. The highest BCUT2D eigenvalue weighted by Crippen LogP contribution is 2.42. The van der Waals surface area contributed by atoms with Gasteiger partial charge in [-0.2, -0.15) is 0 Å². The topological polar surface area (TPSA) is 35.5 Å². The molecule has 0 aromatic heterocycles. The molecule has 3 heteroatoms. The van der Waals surface area contributed by atoms with E-state index in [0.717, 1.165) is 11.5 Å². The lowest BCUT2D eigenvalue weighted by Crippen LogP contribution is -2.17. The van der Waals surface area contributed by atoms with Gasteiger partial charge in [0.25, 0.3) is 6.29 Å². The smallest absolute Gasteiger partial charge is 0.297 e. The molecular weight excluding hydrogens is 192 g/mol. The minimum Gasteiger partial charge on any atom is -0.448 e. The lowest BCUT2D eigenvalue weighted by Gasteiger charge is -2.24. The number of hydrogen-bond donors (Lipinski definition) is 0. The molecule has 1 aliphatic heterocycles. The van der Waals surface area contributed by atoms with Gasteiger partial charge in [0.05, 0.1) is 0 Å². The highest BCUT2D eigenvalue weighted by atomic mass is 16.7. The van der Waals surface area contributed by atoms with Crippen LogP contribution in [0.25, 0.3) is 0 Å². The first kappa shape index (κ1) is 12.1. The third-order valence-electron chi connectivity index (χ3n) is 2.15. The zero-order valence-corrected chi connectivity index (χ0v) is 10.4. The van der Waals surface area contributed by atoms with E-state index in [1.54, 1.807) is 0 Å². The highest BCUT2D eigenvalue weighted by Gasteiger charge is 2.39. The number of carbonyl (C=O) groups is 1.